The molecule has 0 aromatic carbocycles. The fourth-order valence-electron chi connectivity index (χ4n) is 1.18. The van der Waals surface area contributed by atoms with Gasteiger partial charge >= 0.3 is 0 Å². The molecule has 2 aromatic heterocycles. The van der Waals surface area contributed by atoms with Gasteiger partial charge in [0.25, 0.3) is 0 Å². The second-order valence-corrected chi connectivity index (χ2v) is 6.68. The highest BCUT2D eigenvalue weighted by molar-refractivity contribution is 8.00. The van der Waals surface area contributed by atoms with E-state index in [0.717, 1.165) is 25.5 Å². The van der Waals surface area contributed by atoms with Crippen LogP contribution in [0.15, 0.2) is 15.7 Å². The van der Waals surface area contributed by atoms with Gasteiger partial charge in [-0.1, -0.05) is 18.7 Å². The van der Waals surface area contributed by atoms with Crippen molar-refractivity contribution < 1.29 is 5.11 Å². The van der Waals surface area contributed by atoms with E-state index < -0.39 is 0 Å². The molecule has 2 rings (SSSR count). The zero-order valence-electron chi connectivity index (χ0n) is 9.58. The van der Waals surface area contributed by atoms with E-state index in [1.54, 1.807) is 41.2 Å². The van der Waals surface area contributed by atoms with E-state index in [1.807, 2.05) is 13.2 Å². The van der Waals surface area contributed by atoms with Crippen LogP contribution in [0.1, 0.15) is 6.92 Å². The number of fused-ring (bicyclic) bond motifs is 1. The largest absolute Gasteiger partial charge is 0.396 e. The SMILES string of the molecule is CSc1nc2ncnc(SC[C@@H](C)CO)c2s1. The number of aliphatic hydroxyl groups is 1. The van der Waals surface area contributed by atoms with Gasteiger partial charge in [0.15, 0.2) is 9.99 Å². The molecule has 0 aliphatic rings. The van der Waals surface area contributed by atoms with Crippen molar-refractivity contribution in [3.05, 3.63) is 6.33 Å². The summed E-state index contributed by atoms with van der Waals surface area (Å²) in [4.78, 5) is 12.9. The molecule has 4 nitrogen and oxygen atoms in total. The second kappa shape index (κ2) is 5.99. The summed E-state index contributed by atoms with van der Waals surface area (Å²) in [5.74, 6) is 1.13. The Kier molecular flexibility index (Phi) is 4.61. The van der Waals surface area contributed by atoms with Crippen LogP contribution in [0.25, 0.3) is 10.3 Å². The number of hydrogen-bond donors (Lipinski definition) is 1. The molecular weight excluding hydrogens is 274 g/mol. The molecule has 7 heteroatoms. The van der Waals surface area contributed by atoms with Crippen molar-refractivity contribution in [3.8, 4) is 0 Å². The average molecular weight is 287 g/mol. The van der Waals surface area contributed by atoms with Crippen molar-refractivity contribution in [3.63, 3.8) is 0 Å². The molecule has 92 valence electrons. The zero-order chi connectivity index (χ0) is 12.3. The molecule has 0 unspecified atom stereocenters. The lowest BCUT2D eigenvalue weighted by atomic mass is 10.2. The van der Waals surface area contributed by atoms with Gasteiger partial charge in [-0.2, -0.15) is 0 Å². The van der Waals surface area contributed by atoms with E-state index >= 15 is 0 Å². The van der Waals surface area contributed by atoms with Crippen molar-refractivity contribution in [1.82, 2.24) is 15.0 Å². The summed E-state index contributed by atoms with van der Waals surface area (Å²) in [6, 6.07) is 0. The molecule has 0 radical (unpaired) electrons. The summed E-state index contributed by atoms with van der Waals surface area (Å²) in [7, 11) is 0. The van der Waals surface area contributed by atoms with Crippen LogP contribution in [0, 0.1) is 5.92 Å². The van der Waals surface area contributed by atoms with Crippen LogP contribution in [0.5, 0.6) is 0 Å². The number of thiazole rings is 1. The summed E-state index contributed by atoms with van der Waals surface area (Å²) in [5, 5.41) is 9.97. The van der Waals surface area contributed by atoms with Gasteiger partial charge in [0.05, 0.1) is 0 Å². The zero-order valence-corrected chi connectivity index (χ0v) is 12.0. The van der Waals surface area contributed by atoms with Gasteiger partial charge in [-0.25, -0.2) is 15.0 Å². The number of thioether (sulfide) groups is 2. The quantitative estimate of drug-likeness (QED) is 0.673. The topological polar surface area (TPSA) is 58.9 Å². The summed E-state index contributed by atoms with van der Waals surface area (Å²) < 4.78 is 2.06. The van der Waals surface area contributed by atoms with E-state index in [4.69, 9.17) is 5.11 Å². The molecule has 1 atom stereocenters. The third-order valence-corrected chi connectivity index (χ3v) is 5.61. The minimum absolute atomic E-state index is 0.208. The van der Waals surface area contributed by atoms with Crippen LogP contribution in [-0.4, -0.2) is 38.7 Å². The Morgan fingerprint density at radius 2 is 2.29 bits per heavy atom. The Morgan fingerprint density at radius 3 is 3.00 bits per heavy atom. The standard InChI is InChI=1S/C10H13N3OS3/c1-6(3-14)4-16-9-7-8(11-5-12-9)13-10(15-2)17-7/h5-6,14H,3-4H2,1-2H3/t6-/m0/s1. The van der Waals surface area contributed by atoms with Crippen LogP contribution >= 0.6 is 34.9 Å². The third kappa shape index (κ3) is 3.09. The molecule has 0 saturated carbocycles. The average Bonchev–Trinajstić information content (AvgIpc) is 2.79. The Bertz CT molecular complexity index is 503. The second-order valence-electron chi connectivity index (χ2n) is 3.61. The van der Waals surface area contributed by atoms with E-state index in [1.165, 1.54) is 0 Å². The Hall–Kier alpha value is -0.370. The van der Waals surface area contributed by atoms with Crippen molar-refractivity contribution in [2.24, 2.45) is 5.92 Å². The van der Waals surface area contributed by atoms with Crippen molar-refractivity contribution >= 4 is 45.2 Å². The molecule has 0 saturated heterocycles. The first kappa shape index (κ1) is 13.1. The van der Waals surface area contributed by atoms with E-state index in [2.05, 4.69) is 15.0 Å². The molecule has 1 N–H and O–H groups in total. The molecule has 0 spiro atoms. The first-order valence-electron chi connectivity index (χ1n) is 5.13. The summed E-state index contributed by atoms with van der Waals surface area (Å²) >= 11 is 4.91. The van der Waals surface area contributed by atoms with E-state index in [-0.39, 0.29) is 12.5 Å². The van der Waals surface area contributed by atoms with Gasteiger partial charge in [-0.05, 0) is 12.2 Å². The first-order valence-corrected chi connectivity index (χ1v) is 8.16. The molecule has 0 amide bonds. The Morgan fingerprint density at radius 1 is 1.47 bits per heavy atom. The lowest BCUT2D eigenvalue weighted by Crippen LogP contribution is -2.03. The first-order chi connectivity index (χ1) is 8.24. The predicted molar refractivity (Wildman–Crippen MR) is 74.0 cm³/mol. The van der Waals surface area contributed by atoms with Gasteiger partial charge in [-0.15, -0.1) is 23.1 Å². The summed E-state index contributed by atoms with van der Waals surface area (Å²) in [6.45, 7) is 2.23. The predicted octanol–water partition coefficient (Wildman–Crippen LogP) is 2.53. The molecule has 0 fully saturated rings. The molecule has 2 heterocycles. The van der Waals surface area contributed by atoms with Crippen molar-refractivity contribution in [2.75, 3.05) is 18.6 Å². The van der Waals surface area contributed by atoms with Crippen LogP contribution in [0.2, 0.25) is 0 Å². The van der Waals surface area contributed by atoms with Gasteiger partial charge in [0.1, 0.15) is 16.1 Å². The minimum Gasteiger partial charge on any atom is -0.396 e. The van der Waals surface area contributed by atoms with E-state index in [9.17, 15) is 0 Å². The maximum atomic E-state index is 9.01. The maximum absolute atomic E-state index is 9.01. The summed E-state index contributed by atoms with van der Waals surface area (Å²) in [6.07, 6.45) is 3.56. The molecule has 0 bridgehead atoms. The van der Waals surface area contributed by atoms with Crippen LogP contribution in [0.3, 0.4) is 0 Å². The van der Waals surface area contributed by atoms with Gasteiger partial charge < -0.3 is 5.11 Å². The fourth-order valence-corrected chi connectivity index (χ4v) is 3.77. The fraction of sp³-hybridized carbons (Fsp3) is 0.500. The van der Waals surface area contributed by atoms with Crippen LogP contribution in [-0.2, 0) is 0 Å². The molecule has 17 heavy (non-hydrogen) atoms. The highest BCUT2D eigenvalue weighted by Gasteiger charge is 2.11. The molecule has 0 aliphatic heterocycles. The number of aliphatic hydroxyl groups excluding tert-OH is 1. The number of nitrogens with zero attached hydrogens (tertiary/aromatic N) is 3. The van der Waals surface area contributed by atoms with Crippen LogP contribution in [0.4, 0.5) is 0 Å². The van der Waals surface area contributed by atoms with E-state index in [0.29, 0.717) is 0 Å². The Balaban J connectivity index is 2.24. The summed E-state index contributed by atoms with van der Waals surface area (Å²) in [5.41, 5.74) is 0.772. The highest BCUT2D eigenvalue weighted by Crippen LogP contribution is 2.33. The van der Waals surface area contributed by atoms with Crippen LogP contribution < -0.4 is 0 Å². The lowest BCUT2D eigenvalue weighted by Gasteiger charge is -2.06. The number of hydrogen-bond acceptors (Lipinski definition) is 7. The smallest absolute Gasteiger partial charge is 0.175 e. The van der Waals surface area contributed by atoms with Gasteiger partial charge in [-0.3, -0.25) is 0 Å². The third-order valence-electron chi connectivity index (χ3n) is 2.13. The molecular formula is C10H13N3OS3. The monoisotopic (exact) mass is 287 g/mol. The van der Waals surface area contributed by atoms with Crippen molar-refractivity contribution in [1.29, 1.82) is 0 Å². The van der Waals surface area contributed by atoms with Gasteiger partial charge in [0.2, 0.25) is 0 Å². The van der Waals surface area contributed by atoms with Gasteiger partial charge in [0, 0.05) is 12.4 Å². The molecule has 0 aliphatic carbocycles. The van der Waals surface area contributed by atoms with Crippen molar-refractivity contribution in [2.45, 2.75) is 16.3 Å². The maximum Gasteiger partial charge on any atom is 0.175 e. The number of rotatable bonds is 5. The normalized spacial score (nSPS) is 13.1. The minimum atomic E-state index is 0.208. The number of aromatic nitrogens is 3. The highest BCUT2D eigenvalue weighted by atomic mass is 32.2. The lowest BCUT2D eigenvalue weighted by molar-refractivity contribution is 0.250. The Labute approximate surface area is 112 Å². The molecule has 2 aromatic rings.